The smallest absolute Gasteiger partial charge is 0.255 e. The van der Waals surface area contributed by atoms with Crippen molar-refractivity contribution >= 4 is 17.3 Å². The van der Waals surface area contributed by atoms with Gasteiger partial charge in [0.1, 0.15) is 6.07 Å². The highest BCUT2D eigenvalue weighted by atomic mass is 32.2. The maximum atomic E-state index is 12.0. The van der Waals surface area contributed by atoms with E-state index in [1.165, 1.54) is 18.0 Å². The van der Waals surface area contributed by atoms with Crippen LogP contribution < -0.4 is 5.56 Å². The molecule has 1 N–H and O–H groups in total. The quantitative estimate of drug-likeness (QED) is 0.840. The number of thioether (sulfide) groups is 1. The lowest BCUT2D eigenvalue weighted by Crippen LogP contribution is -2.12. The molecule has 0 fully saturated rings. The van der Waals surface area contributed by atoms with Gasteiger partial charge < -0.3 is 4.98 Å². The summed E-state index contributed by atoms with van der Waals surface area (Å²) in [4.78, 5) is 15.5. The molecule has 0 amide bonds. The molecule has 4 heteroatoms. The Kier molecular flexibility index (Phi) is 6.34. The molecule has 1 aromatic rings. The molecule has 0 saturated heterocycles. The Morgan fingerprint density at radius 3 is 2.80 bits per heavy atom. The van der Waals surface area contributed by atoms with E-state index >= 15 is 0 Å². The predicted octanol–water partition coefficient (Wildman–Crippen LogP) is 3.64. The van der Waals surface area contributed by atoms with Crippen LogP contribution in [0.2, 0.25) is 0 Å². The van der Waals surface area contributed by atoms with Gasteiger partial charge in [0.2, 0.25) is 0 Å². The molecule has 0 aliphatic carbocycles. The van der Waals surface area contributed by atoms with E-state index in [2.05, 4.69) is 11.6 Å². The Hall–Kier alpha value is -2.25. The van der Waals surface area contributed by atoms with Gasteiger partial charge in [0.15, 0.2) is 0 Å². The van der Waals surface area contributed by atoms with Crippen LogP contribution in [0.3, 0.4) is 0 Å². The molecule has 0 aromatic carbocycles. The van der Waals surface area contributed by atoms with Crippen molar-refractivity contribution in [3.05, 3.63) is 75.6 Å². The first kappa shape index (κ1) is 15.8. The number of pyridine rings is 1. The van der Waals surface area contributed by atoms with Gasteiger partial charge in [-0.3, -0.25) is 4.79 Å². The molecular weight excluding hydrogens is 268 g/mol. The number of allylic oxidation sites excluding steroid dienone is 6. The molecule has 0 atom stereocenters. The number of H-pyrrole nitrogens is 1. The van der Waals surface area contributed by atoms with Gasteiger partial charge in [-0.15, -0.1) is 11.8 Å². The first-order valence-electron chi connectivity index (χ1n) is 6.01. The summed E-state index contributed by atoms with van der Waals surface area (Å²) in [6.07, 6.45) is 12.5. The Balaban J connectivity index is 3.50. The van der Waals surface area contributed by atoms with E-state index in [0.29, 0.717) is 11.1 Å². The number of rotatable bonds is 5. The average molecular weight is 284 g/mol. The molecule has 102 valence electrons. The third-order valence-electron chi connectivity index (χ3n) is 2.53. The minimum absolute atomic E-state index is 0.225. The minimum Gasteiger partial charge on any atom is -0.327 e. The van der Waals surface area contributed by atoms with E-state index in [9.17, 15) is 4.79 Å². The highest BCUT2D eigenvalue weighted by Crippen LogP contribution is 2.29. The van der Waals surface area contributed by atoms with Gasteiger partial charge in [-0.1, -0.05) is 30.9 Å². The summed E-state index contributed by atoms with van der Waals surface area (Å²) in [7, 11) is 0. The van der Waals surface area contributed by atoms with Crippen LogP contribution in [0.25, 0.3) is 5.57 Å². The van der Waals surface area contributed by atoms with E-state index < -0.39 is 0 Å². The highest BCUT2D eigenvalue weighted by molar-refractivity contribution is 8.03. The Labute approximate surface area is 123 Å². The standard InChI is InChI=1S/C16H16N2OS/c1-4-6-8-15(20-3)13(7-5-2)14-9-12(10-17)11-18-16(14)19/h4-9,11H,2H2,1,3H3,(H,18,19)/b6-4-,13-7-,15-8+. The minimum atomic E-state index is -0.225. The van der Waals surface area contributed by atoms with Crippen LogP contribution in [0.4, 0.5) is 0 Å². The zero-order chi connectivity index (χ0) is 15.0. The first-order chi connectivity index (χ1) is 9.67. The van der Waals surface area contributed by atoms with E-state index in [1.807, 2.05) is 37.5 Å². The second-order valence-corrected chi connectivity index (χ2v) is 4.67. The number of hydrogen-bond donors (Lipinski definition) is 1. The highest BCUT2D eigenvalue weighted by Gasteiger charge is 2.11. The molecule has 0 saturated carbocycles. The number of nitrogens with one attached hydrogen (secondary N) is 1. The molecule has 0 bridgehead atoms. The molecule has 0 spiro atoms. The van der Waals surface area contributed by atoms with Crippen LogP contribution in [-0.2, 0) is 0 Å². The van der Waals surface area contributed by atoms with Gasteiger partial charge in [-0.05, 0) is 25.3 Å². The van der Waals surface area contributed by atoms with Gasteiger partial charge in [-0.2, -0.15) is 5.26 Å². The molecule has 0 aliphatic heterocycles. The Bertz CT molecular complexity index is 672. The van der Waals surface area contributed by atoms with Crippen molar-refractivity contribution in [1.82, 2.24) is 4.98 Å². The summed E-state index contributed by atoms with van der Waals surface area (Å²) in [5.41, 5.74) is 1.41. The van der Waals surface area contributed by atoms with E-state index in [1.54, 1.807) is 18.2 Å². The fourth-order valence-electron chi connectivity index (χ4n) is 1.62. The maximum Gasteiger partial charge on any atom is 0.255 e. The van der Waals surface area contributed by atoms with Crippen molar-refractivity contribution in [3.8, 4) is 6.07 Å². The summed E-state index contributed by atoms with van der Waals surface area (Å²) in [5, 5.41) is 8.96. The number of aromatic amines is 1. The molecule has 3 nitrogen and oxygen atoms in total. The summed E-state index contributed by atoms with van der Waals surface area (Å²) in [6.45, 7) is 5.61. The van der Waals surface area contributed by atoms with E-state index in [4.69, 9.17) is 5.26 Å². The largest absolute Gasteiger partial charge is 0.327 e. The lowest BCUT2D eigenvalue weighted by molar-refractivity contribution is 1.20. The van der Waals surface area contributed by atoms with E-state index in [0.717, 1.165) is 10.5 Å². The number of aromatic nitrogens is 1. The maximum absolute atomic E-state index is 12.0. The third kappa shape index (κ3) is 3.87. The predicted molar refractivity (Wildman–Crippen MR) is 86.4 cm³/mol. The van der Waals surface area contributed by atoms with Crippen LogP contribution in [0, 0.1) is 11.3 Å². The van der Waals surface area contributed by atoms with Crippen molar-refractivity contribution < 1.29 is 0 Å². The van der Waals surface area contributed by atoms with Crippen LogP contribution in [0.15, 0.2) is 58.9 Å². The van der Waals surface area contributed by atoms with Crippen molar-refractivity contribution in [3.63, 3.8) is 0 Å². The fraction of sp³-hybridized carbons (Fsp3) is 0.125. The van der Waals surface area contributed by atoms with Gasteiger partial charge in [-0.25, -0.2) is 0 Å². The Morgan fingerprint density at radius 1 is 1.50 bits per heavy atom. The molecule has 20 heavy (non-hydrogen) atoms. The molecule has 1 rings (SSSR count). The van der Waals surface area contributed by atoms with Crippen molar-refractivity contribution in [2.24, 2.45) is 0 Å². The number of nitriles is 1. The summed E-state index contributed by atoms with van der Waals surface area (Å²) >= 11 is 1.53. The Morgan fingerprint density at radius 2 is 2.25 bits per heavy atom. The number of nitrogens with zero attached hydrogens (tertiary/aromatic N) is 1. The van der Waals surface area contributed by atoms with E-state index in [-0.39, 0.29) is 5.56 Å². The second-order valence-electron chi connectivity index (χ2n) is 3.82. The van der Waals surface area contributed by atoms with Crippen molar-refractivity contribution in [2.75, 3.05) is 6.26 Å². The average Bonchev–Trinajstić information content (AvgIpc) is 2.47. The summed E-state index contributed by atoms with van der Waals surface area (Å²) in [6, 6.07) is 3.62. The molecule has 1 heterocycles. The fourth-order valence-corrected chi connectivity index (χ4v) is 2.23. The van der Waals surface area contributed by atoms with Gasteiger partial charge in [0.05, 0.1) is 5.56 Å². The second kappa shape index (κ2) is 8.03. The van der Waals surface area contributed by atoms with Crippen molar-refractivity contribution in [1.29, 1.82) is 5.26 Å². The first-order valence-corrected chi connectivity index (χ1v) is 7.23. The molecule has 0 aliphatic rings. The van der Waals surface area contributed by atoms with Crippen LogP contribution in [-0.4, -0.2) is 11.2 Å². The number of hydrogen-bond acceptors (Lipinski definition) is 3. The van der Waals surface area contributed by atoms with Gasteiger partial charge in [0, 0.05) is 22.2 Å². The molecule has 1 aromatic heterocycles. The zero-order valence-corrected chi connectivity index (χ0v) is 12.3. The lowest BCUT2D eigenvalue weighted by atomic mass is 10.0. The summed E-state index contributed by atoms with van der Waals surface area (Å²) < 4.78 is 0. The normalized spacial score (nSPS) is 12.4. The SMILES string of the molecule is C=C\C=C(/C(=C\C=C/C)SC)c1cc(C#N)c[nH]c1=O. The lowest BCUT2D eigenvalue weighted by Gasteiger charge is -2.09. The van der Waals surface area contributed by atoms with Crippen LogP contribution in [0.5, 0.6) is 0 Å². The van der Waals surface area contributed by atoms with Crippen LogP contribution >= 0.6 is 11.8 Å². The topological polar surface area (TPSA) is 56.6 Å². The molecule has 0 unspecified atom stereocenters. The monoisotopic (exact) mass is 284 g/mol. The molecular formula is C16H16N2OS. The van der Waals surface area contributed by atoms with Crippen molar-refractivity contribution in [2.45, 2.75) is 6.92 Å². The van der Waals surface area contributed by atoms with Crippen LogP contribution in [0.1, 0.15) is 18.1 Å². The van der Waals surface area contributed by atoms with Gasteiger partial charge in [0.25, 0.3) is 5.56 Å². The molecule has 0 radical (unpaired) electrons. The third-order valence-corrected chi connectivity index (χ3v) is 3.33. The zero-order valence-electron chi connectivity index (χ0n) is 11.5. The van der Waals surface area contributed by atoms with Gasteiger partial charge >= 0.3 is 0 Å². The summed E-state index contributed by atoms with van der Waals surface area (Å²) in [5.74, 6) is 0.